The summed E-state index contributed by atoms with van der Waals surface area (Å²) in [5.74, 6) is 0.865. The minimum atomic E-state index is -3.14. The van der Waals surface area contributed by atoms with Gasteiger partial charge in [0.1, 0.15) is 5.75 Å². The molecule has 24 heavy (non-hydrogen) atoms. The highest BCUT2D eigenvalue weighted by molar-refractivity contribution is 7.89. The van der Waals surface area contributed by atoms with Crippen LogP contribution in [0.3, 0.4) is 0 Å². The molecule has 0 spiro atoms. The molecule has 134 valence electrons. The topological polar surface area (TPSA) is 75.7 Å². The van der Waals surface area contributed by atoms with Crippen LogP contribution in [0, 0.1) is 5.92 Å². The second kappa shape index (κ2) is 8.48. The summed E-state index contributed by atoms with van der Waals surface area (Å²) in [7, 11) is -1.51. The monoisotopic (exact) mass is 354 g/mol. The maximum atomic E-state index is 12.2. The number of nitrogens with zero attached hydrogens (tertiary/aromatic N) is 1. The number of carbonyl (C=O) groups excluding carboxylic acids is 1. The van der Waals surface area contributed by atoms with Crippen LogP contribution >= 0.6 is 0 Å². The molecule has 6 nitrogen and oxygen atoms in total. The van der Waals surface area contributed by atoms with E-state index >= 15 is 0 Å². The number of nitrogens with one attached hydrogen (secondary N) is 1. The quantitative estimate of drug-likeness (QED) is 0.803. The lowest BCUT2D eigenvalue weighted by Gasteiger charge is -2.30. The molecule has 0 saturated carbocycles. The Kier molecular flexibility index (Phi) is 6.62. The van der Waals surface area contributed by atoms with Gasteiger partial charge in [0.2, 0.25) is 15.9 Å². The summed E-state index contributed by atoms with van der Waals surface area (Å²) in [6.45, 7) is 3.10. The fourth-order valence-electron chi connectivity index (χ4n) is 2.85. The second-order valence-corrected chi connectivity index (χ2v) is 8.22. The number of ether oxygens (including phenoxy) is 1. The Morgan fingerprint density at radius 1 is 1.25 bits per heavy atom. The highest BCUT2D eigenvalue weighted by Crippen LogP contribution is 2.20. The highest BCUT2D eigenvalue weighted by atomic mass is 32.2. The molecule has 1 aliphatic rings. The Morgan fingerprint density at radius 2 is 1.88 bits per heavy atom. The molecule has 1 fully saturated rings. The van der Waals surface area contributed by atoms with Crippen LogP contribution in [-0.2, 0) is 21.2 Å². The van der Waals surface area contributed by atoms with Gasteiger partial charge in [0, 0.05) is 25.6 Å². The summed E-state index contributed by atoms with van der Waals surface area (Å²) in [5.41, 5.74) is 1.14. The lowest BCUT2D eigenvalue weighted by atomic mass is 9.97. The van der Waals surface area contributed by atoms with Crippen LogP contribution < -0.4 is 10.1 Å². The first-order chi connectivity index (χ1) is 11.5. The van der Waals surface area contributed by atoms with Crippen molar-refractivity contribution >= 4 is 15.9 Å². The number of amides is 1. The van der Waals surface area contributed by atoms with Gasteiger partial charge in [-0.25, -0.2) is 12.7 Å². The molecule has 1 aliphatic heterocycles. The van der Waals surface area contributed by atoms with E-state index in [1.165, 1.54) is 4.31 Å². The van der Waals surface area contributed by atoms with E-state index in [2.05, 4.69) is 5.32 Å². The average molecular weight is 354 g/mol. The van der Waals surface area contributed by atoms with Gasteiger partial charge in [-0.15, -0.1) is 0 Å². The zero-order valence-corrected chi connectivity index (χ0v) is 15.1. The van der Waals surface area contributed by atoms with Crippen molar-refractivity contribution in [2.75, 3.05) is 32.5 Å². The minimum Gasteiger partial charge on any atom is -0.497 e. The van der Waals surface area contributed by atoms with E-state index in [1.807, 2.05) is 24.3 Å². The lowest BCUT2D eigenvalue weighted by molar-refractivity contribution is -0.126. The minimum absolute atomic E-state index is 0.0251. The molecule has 1 amide bonds. The molecule has 1 heterocycles. The Labute approximate surface area is 144 Å². The number of sulfonamides is 1. The van der Waals surface area contributed by atoms with E-state index in [9.17, 15) is 13.2 Å². The number of carbonyl (C=O) groups is 1. The highest BCUT2D eigenvalue weighted by Gasteiger charge is 2.29. The molecule has 1 saturated heterocycles. The van der Waals surface area contributed by atoms with Gasteiger partial charge < -0.3 is 10.1 Å². The smallest absolute Gasteiger partial charge is 0.223 e. The van der Waals surface area contributed by atoms with E-state index in [-0.39, 0.29) is 17.6 Å². The van der Waals surface area contributed by atoms with E-state index in [4.69, 9.17) is 4.74 Å². The number of piperidine rings is 1. The lowest BCUT2D eigenvalue weighted by Crippen LogP contribution is -2.43. The third kappa shape index (κ3) is 4.95. The first-order valence-corrected chi connectivity index (χ1v) is 9.95. The molecule has 1 aromatic carbocycles. The van der Waals surface area contributed by atoms with Crippen molar-refractivity contribution in [1.29, 1.82) is 0 Å². The van der Waals surface area contributed by atoms with Gasteiger partial charge in [-0.2, -0.15) is 0 Å². The van der Waals surface area contributed by atoms with Crippen molar-refractivity contribution < 1.29 is 17.9 Å². The van der Waals surface area contributed by atoms with E-state index < -0.39 is 10.0 Å². The van der Waals surface area contributed by atoms with Crippen LogP contribution in [0.1, 0.15) is 25.3 Å². The van der Waals surface area contributed by atoms with Crippen LogP contribution in [0.4, 0.5) is 0 Å². The fourth-order valence-corrected chi connectivity index (χ4v) is 3.98. The summed E-state index contributed by atoms with van der Waals surface area (Å²) < 4.78 is 30.3. The van der Waals surface area contributed by atoms with Gasteiger partial charge in [0.05, 0.1) is 12.9 Å². The number of hydrogen-bond donors (Lipinski definition) is 1. The molecule has 1 N–H and O–H groups in total. The molecule has 0 radical (unpaired) electrons. The van der Waals surface area contributed by atoms with E-state index in [1.54, 1.807) is 14.0 Å². The van der Waals surface area contributed by atoms with Crippen molar-refractivity contribution in [1.82, 2.24) is 9.62 Å². The SMILES string of the molecule is CCS(=O)(=O)N1CCC(C(=O)NCCc2ccc(OC)cc2)CC1. The molecule has 7 heteroatoms. The van der Waals surface area contributed by atoms with Crippen LogP contribution in [0.5, 0.6) is 5.75 Å². The van der Waals surface area contributed by atoms with Gasteiger partial charge in [-0.05, 0) is 43.9 Å². The normalized spacial score (nSPS) is 16.8. The van der Waals surface area contributed by atoms with E-state index in [0.29, 0.717) is 32.5 Å². The average Bonchev–Trinajstić information content (AvgIpc) is 2.62. The third-order valence-corrected chi connectivity index (χ3v) is 6.34. The molecular formula is C17H26N2O4S. The molecule has 0 unspecified atom stereocenters. The fraction of sp³-hybridized carbons (Fsp3) is 0.588. The van der Waals surface area contributed by atoms with Crippen LogP contribution in [-0.4, -0.2) is 51.1 Å². The zero-order valence-electron chi connectivity index (χ0n) is 14.3. The molecule has 0 aromatic heterocycles. The number of rotatable bonds is 7. The second-order valence-electron chi connectivity index (χ2n) is 5.96. The summed E-state index contributed by atoms with van der Waals surface area (Å²) >= 11 is 0. The Morgan fingerprint density at radius 3 is 2.42 bits per heavy atom. The maximum absolute atomic E-state index is 12.2. The molecular weight excluding hydrogens is 328 g/mol. The first kappa shape index (κ1) is 18.7. The summed E-state index contributed by atoms with van der Waals surface area (Å²) in [5, 5.41) is 2.96. The van der Waals surface area contributed by atoms with Crippen molar-refractivity contribution in [2.24, 2.45) is 5.92 Å². The third-order valence-electron chi connectivity index (χ3n) is 4.45. The summed E-state index contributed by atoms with van der Waals surface area (Å²) in [6, 6.07) is 7.78. The van der Waals surface area contributed by atoms with Crippen LogP contribution in [0.15, 0.2) is 24.3 Å². The predicted molar refractivity (Wildman–Crippen MR) is 93.5 cm³/mol. The first-order valence-electron chi connectivity index (χ1n) is 8.34. The summed E-state index contributed by atoms with van der Waals surface area (Å²) in [4.78, 5) is 12.2. The Bertz CT molecular complexity index is 635. The molecule has 2 rings (SSSR count). The van der Waals surface area contributed by atoms with Gasteiger partial charge >= 0.3 is 0 Å². The maximum Gasteiger partial charge on any atom is 0.223 e. The molecule has 0 atom stereocenters. The van der Waals surface area contributed by atoms with E-state index in [0.717, 1.165) is 17.7 Å². The molecule has 0 bridgehead atoms. The standard InChI is InChI=1S/C17H26N2O4S/c1-3-24(21,22)19-12-9-15(10-13-19)17(20)18-11-8-14-4-6-16(23-2)7-5-14/h4-7,15H,3,8-13H2,1-2H3,(H,18,20). The van der Waals surface area contributed by atoms with Crippen molar-refractivity contribution in [3.05, 3.63) is 29.8 Å². The largest absolute Gasteiger partial charge is 0.497 e. The Hall–Kier alpha value is -1.60. The van der Waals surface area contributed by atoms with Crippen molar-refractivity contribution in [3.63, 3.8) is 0 Å². The number of benzene rings is 1. The van der Waals surface area contributed by atoms with Gasteiger partial charge in [0.15, 0.2) is 0 Å². The summed E-state index contributed by atoms with van der Waals surface area (Å²) in [6.07, 6.45) is 1.94. The van der Waals surface area contributed by atoms with Crippen LogP contribution in [0.2, 0.25) is 0 Å². The van der Waals surface area contributed by atoms with Gasteiger partial charge in [-0.3, -0.25) is 4.79 Å². The van der Waals surface area contributed by atoms with Crippen LogP contribution in [0.25, 0.3) is 0 Å². The van der Waals surface area contributed by atoms with Crippen molar-refractivity contribution in [2.45, 2.75) is 26.2 Å². The number of hydrogen-bond acceptors (Lipinski definition) is 4. The Balaban J connectivity index is 1.73. The number of methoxy groups -OCH3 is 1. The zero-order chi connectivity index (χ0) is 17.6. The molecule has 0 aliphatic carbocycles. The predicted octanol–water partition coefficient (Wildman–Crippen LogP) is 1.42. The van der Waals surface area contributed by atoms with Crippen molar-refractivity contribution in [3.8, 4) is 5.75 Å². The van der Waals surface area contributed by atoms with Gasteiger partial charge in [0.25, 0.3) is 0 Å². The molecule has 1 aromatic rings. The van der Waals surface area contributed by atoms with Gasteiger partial charge in [-0.1, -0.05) is 12.1 Å².